The molecule has 2 rings (SSSR count). The maximum atomic E-state index is 6.11. The van der Waals surface area contributed by atoms with Gasteiger partial charge in [0.15, 0.2) is 0 Å². The summed E-state index contributed by atoms with van der Waals surface area (Å²) in [5.74, 6) is 1.51. The quantitative estimate of drug-likeness (QED) is 0.880. The Bertz CT molecular complexity index is 605. The SMILES string of the molecule is Cc1ccc(Nc2cc(NC(C)(C)C)ncn2)cc1Cl. The number of anilines is 3. The molecule has 2 aromatic rings. The number of aromatic nitrogens is 2. The lowest BCUT2D eigenvalue weighted by atomic mass is 10.1. The van der Waals surface area contributed by atoms with Crippen LogP contribution in [0, 0.1) is 6.92 Å². The molecule has 106 valence electrons. The highest BCUT2D eigenvalue weighted by Gasteiger charge is 2.10. The second-order valence-corrected chi connectivity index (χ2v) is 6.16. The molecule has 0 bridgehead atoms. The van der Waals surface area contributed by atoms with Gasteiger partial charge in [-0.2, -0.15) is 0 Å². The van der Waals surface area contributed by atoms with Crippen molar-refractivity contribution in [2.24, 2.45) is 0 Å². The average molecular weight is 291 g/mol. The normalized spacial score (nSPS) is 11.2. The molecule has 0 amide bonds. The van der Waals surface area contributed by atoms with Crippen molar-refractivity contribution >= 4 is 28.9 Å². The standard InChI is InChI=1S/C15H19ClN4/c1-10-5-6-11(7-12(10)16)19-13-8-14(18-9-17-13)20-15(2,3)4/h5-9H,1-4H3,(H2,17,18,19,20). The molecule has 4 nitrogen and oxygen atoms in total. The zero-order valence-electron chi connectivity index (χ0n) is 12.2. The molecule has 1 aromatic heterocycles. The van der Waals surface area contributed by atoms with Gasteiger partial charge in [0.25, 0.3) is 0 Å². The second-order valence-electron chi connectivity index (χ2n) is 5.75. The van der Waals surface area contributed by atoms with E-state index >= 15 is 0 Å². The number of rotatable bonds is 3. The van der Waals surface area contributed by atoms with Crippen LogP contribution in [0.4, 0.5) is 17.3 Å². The molecule has 0 radical (unpaired) electrons. The van der Waals surface area contributed by atoms with Crippen LogP contribution in [-0.4, -0.2) is 15.5 Å². The van der Waals surface area contributed by atoms with Crippen LogP contribution in [-0.2, 0) is 0 Å². The first-order valence-corrected chi connectivity index (χ1v) is 6.85. The van der Waals surface area contributed by atoms with E-state index in [2.05, 4.69) is 41.4 Å². The van der Waals surface area contributed by atoms with Gasteiger partial charge < -0.3 is 10.6 Å². The van der Waals surface area contributed by atoms with Crippen molar-refractivity contribution in [3.63, 3.8) is 0 Å². The highest BCUT2D eigenvalue weighted by atomic mass is 35.5. The minimum Gasteiger partial charge on any atom is -0.365 e. The number of nitrogens with one attached hydrogen (secondary N) is 2. The summed E-state index contributed by atoms with van der Waals surface area (Å²) in [5, 5.41) is 7.27. The highest BCUT2D eigenvalue weighted by molar-refractivity contribution is 6.31. The molecule has 0 spiro atoms. The first-order chi connectivity index (χ1) is 9.33. The first-order valence-electron chi connectivity index (χ1n) is 6.47. The van der Waals surface area contributed by atoms with Gasteiger partial charge in [-0.05, 0) is 45.4 Å². The molecule has 5 heteroatoms. The van der Waals surface area contributed by atoms with Crippen molar-refractivity contribution in [1.29, 1.82) is 0 Å². The fourth-order valence-electron chi connectivity index (χ4n) is 1.70. The summed E-state index contributed by atoms with van der Waals surface area (Å²) in [6, 6.07) is 7.70. The van der Waals surface area contributed by atoms with Gasteiger partial charge in [0, 0.05) is 22.3 Å². The van der Waals surface area contributed by atoms with Gasteiger partial charge in [-0.1, -0.05) is 17.7 Å². The topological polar surface area (TPSA) is 49.8 Å². The van der Waals surface area contributed by atoms with E-state index in [0.717, 1.165) is 27.9 Å². The molecule has 0 aliphatic carbocycles. The zero-order valence-corrected chi connectivity index (χ0v) is 12.9. The summed E-state index contributed by atoms with van der Waals surface area (Å²) in [5.41, 5.74) is 1.91. The van der Waals surface area contributed by atoms with E-state index in [1.807, 2.05) is 31.2 Å². The molecule has 20 heavy (non-hydrogen) atoms. The van der Waals surface area contributed by atoms with Gasteiger partial charge in [0.2, 0.25) is 0 Å². The zero-order chi connectivity index (χ0) is 14.8. The smallest absolute Gasteiger partial charge is 0.135 e. The van der Waals surface area contributed by atoms with Crippen molar-refractivity contribution in [3.05, 3.63) is 41.2 Å². The number of aryl methyl sites for hydroxylation is 1. The van der Waals surface area contributed by atoms with Crippen LogP contribution < -0.4 is 10.6 Å². The van der Waals surface area contributed by atoms with E-state index in [0.29, 0.717) is 0 Å². The summed E-state index contributed by atoms with van der Waals surface area (Å²) >= 11 is 6.11. The predicted octanol–water partition coefficient (Wildman–Crippen LogP) is 4.39. The van der Waals surface area contributed by atoms with Crippen molar-refractivity contribution in [3.8, 4) is 0 Å². The van der Waals surface area contributed by atoms with Crippen molar-refractivity contribution in [1.82, 2.24) is 9.97 Å². The van der Waals surface area contributed by atoms with Gasteiger partial charge in [-0.15, -0.1) is 0 Å². The maximum absolute atomic E-state index is 6.11. The van der Waals surface area contributed by atoms with E-state index in [9.17, 15) is 0 Å². The highest BCUT2D eigenvalue weighted by Crippen LogP contribution is 2.23. The van der Waals surface area contributed by atoms with Crippen LogP contribution in [0.1, 0.15) is 26.3 Å². The molecule has 0 atom stereocenters. The van der Waals surface area contributed by atoms with Crippen LogP contribution in [0.3, 0.4) is 0 Å². The van der Waals surface area contributed by atoms with E-state index in [-0.39, 0.29) is 5.54 Å². The number of hydrogen-bond acceptors (Lipinski definition) is 4. The van der Waals surface area contributed by atoms with Crippen LogP contribution >= 0.6 is 11.6 Å². The third-order valence-electron chi connectivity index (χ3n) is 2.61. The predicted molar refractivity (Wildman–Crippen MR) is 84.9 cm³/mol. The Morgan fingerprint density at radius 1 is 1.05 bits per heavy atom. The minimum atomic E-state index is -0.0429. The maximum Gasteiger partial charge on any atom is 0.135 e. The first kappa shape index (κ1) is 14.6. The van der Waals surface area contributed by atoms with Gasteiger partial charge >= 0.3 is 0 Å². The minimum absolute atomic E-state index is 0.0429. The molecule has 0 saturated carbocycles. The van der Waals surface area contributed by atoms with Crippen LogP contribution in [0.2, 0.25) is 5.02 Å². The fraction of sp³-hybridized carbons (Fsp3) is 0.333. The summed E-state index contributed by atoms with van der Waals surface area (Å²) in [4.78, 5) is 8.42. The summed E-state index contributed by atoms with van der Waals surface area (Å²) in [6.07, 6.45) is 1.53. The molecule has 0 aliphatic rings. The lowest BCUT2D eigenvalue weighted by molar-refractivity contribution is 0.630. The molecular formula is C15H19ClN4. The summed E-state index contributed by atoms with van der Waals surface area (Å²) < 4.78 is 0. The number of hydrogen-bond donors (Lipinski definition) is 2. The molecule has 2 N–H and O–H groups in total. The third-order valence-corrected chi connectivity index (χ3v) is 3.02. The van der Waals surface area contributed by atoms with E-state index in [4.69, 9.17) is 11.6 Å². The van der Waals surface area contributed by atoms with Crippen molar-refractivity contribution in [2.75, 3.05) is 10.6 Å². The lowest BCUT2D eigenvalue weighted by Gasteiger charge is -2.21. The summed E-state index contributed by atoms with van der Waals surface area (Å²) in [7, 11) is 0. The van der Waals surface area contributed by atoms with Gasteiger partial charge in [0.05, 0.1) is 0 Å². The van der Waals surface area contributed by atoms with Gasteiger partial charge in [0.1, 0.15) is 18.0 Å². The Kier molecular flexibility index (Phi) is 4.14. The molecule has 1 heterocycles. The van der Waals surface area contributed by atoms with E-state index in [1.165, 1.54) is 6.33 Å². The molecule has 0 aliphatic heterocycles. The van der Waals surface area contributed by atoms with E-state index in [1.54, 1.807) is 0 Å². The van der Waals surface area contributed by atoms with Gasteiger partial charge in [-0.25, -0.2) is 9.97 Å². The van der Waals surface area contributed by atoms with Crippen molar-refractivity contribution in [2.45, 2.75) is 33.2 Å². The third kappa shape index (κ3) is 4.10. The molecule has 0 fully saturated rings. The van der Waals surface area contributed by atoms with Crippen molar-refractivity contribution < 1.29 is 0 Å². The largest absolute Gasteiger partial charge is 0.365 e. The Morgan fingerprint density at radius 3 is 2.40 bits per heavy atom. The Labute approximate surface area is 124 Å². The van der Waals surface area contributed by atoms with Crippen LogP contribution in [0.25, 0.3) is 0 Å². The van der Waals surface area contributed by atoms with Crippen LogP contribution in [0.5, 0.6) is 0 Å². The lowest BCUT2D eigenvalue weighted by Crippen LogP contribution is -2.26. The molecule has 0 saturated heterocycles. The van der Waals surface area contributed by atoms with E-state index < -0.39 is 0 Å². The Balaban J connectivity index is 2.17. The second kappa shape index (κ2) is 5.67. The number of nitrogens with zero attached hydrogens (tertiary/aromatic N) is 2. The average Bonchev–Trinajstić information content (AvgIpc) is 2.32. The Morgan fingerprint density at radius 2 is 1.75 bits per heavy atom. The summed E-state index contributed by atoms with van der Waals surface area (Å²) in [6.45, 7) is 8.23. The molecular weight excluding hydrogens is 272 g/mol. The van der Waals surface area contributed by atoms with Gasteiger partial charge in [-0.3, -0.25) is 0 Å². The monoisotopic (exact) mass is 290 g/mol. The number of benzene rings is 1. The van der Waals surface area contributed by atoms with Crippen LogP contribution in [0.15, 0.2) is 30.6 Å². The molecule has 1 aromatic carbocycles. The Hall–Kier alpha value is -1.81. The molecule has 0 unspecified atom stereocenters. The fourth-order valence-corrected chi connectivity index (χ4v) is 1.88. The number of halogens is 1.